The second-order valence-electron chi connectivity index (χ2n) is 19.0. The molecule has 3 aromatic carbocycles. The van der Waals surface area contributed by atoms with E-state index in [1.54, 1.807) is 34.6 Å². The van der Waals surface area contributed by atoms with E-state index in [1.807, 2.05) is 24.6 Å². The number of piperazine rings is 1. The number of thiazole rings is 1. The maximum absolute atomic E-state index is 14.5. The number of rotatable bonds is 16. The minimum atomic E-state index is -0.430. The summed E-state index contributed by atoms with van der Waals surface area (Å²) in [4.78, 5) is 61.1. The number of hydrogen-bond acceptors (Lipinski definition) is 13. The molecule has 0 radical (unpaired) electrons. The number of hydrogen-bond donors (Lipinski definition) is 4. The van der Waals surface area contributed by atoms with Crippen molar-refractivity contribution in [1.82, 2.24) is 40.3 Å². The third-order valence-corrected chi connectivity index (χ3v) is 12.9. The number of unbranched alkanes of at least 4 members (excludes halogenated alkanes) is 6. The monoisotopic (exact) mass is 1020 g/mol. The number of aldehydes is 1. The van der Waals surface area contributed by atoms with Gasteiger partial charge in [0.25, 0.3) is 0 Å². The van der Waals surface area contributed by atoms with Crippen molar-refractivity contribution >= 4 is 53.1 Å². The Labute approximate surface area is 434 Å². The molecule has 1 unspecified atom stereocenters. The molecule has 2 aliphatic heterocycles. The molecule has 0 aliphatic carbocycles. The number of fused-ring (bicyclic) bond motifs is 1. The van der Waals surface area contributed by atoms with Gasteiger partial charge in [0.05, 0.1) is 41.1 Å². The highest BCUT2D eigenvalue weighted by molar-refractivity contribution is 7.13. The Morgan fingerprint density at radius 1 is 0.945 bits per heavy atom. The summed E-state index contributed by atoms with van der Waals surface area (Å²) in [7, 11) is 3.65. The number of aromatic nitrogens is 5. The lowest BCUT2D eigenvalue weighted by molar-refractivity contribution is -0.132. The van der Waals surface area contributed by atoms with Crippen molar-refractivity contribution in [3.8, 4) is 38.8 Å². The molecular weight excluding hydrogens is 948 g/mol. The number of ether oxygens (including phenoxy) is 1. The molecule has 5 heterocycles. The van der Waals surface area contributed by atoms with Gasteiger partial charge in [-0.1, -0.05) is 102 Å². The van der Waals surface area contributed by atoms with Crippen molar-refractivity contribution in [1.29, 1.82) is 0 Å². The van der Waals surface area contributed by atoms with Gasteiger partial charge in [-0.15, -0.1) is 11.3 Å². The number of aliphatic hydroxyl groups excluding tert-OH is 1. The Morgan fingerprint density at radius 3 is 2.21 bits per heavy atom. The molecule has 394 valence electrons. The highest BCUT2D eigenvalue weighted by atomic mass is 32.1. The zero-order chi connectivity index (χ0) is 53.2. The lowest BCUT2D eigenvalue weighted by Crippen LogP contribution is -2.44. The van der Waals surface area contributed by atoms with Crippen LogP contribution in [0.25, 0.3) is 44.1 Å². The number of methoxy groups -OCH3 is 1. The summed E-state index contributed by atoms with van der Waals surface area (Å²) in [6.07, 6.45) is 13.0. The number of nitrogens with zero attached hydrogens (tertiary/aromatic N) is 7. The summed E-state index contributed by atoms with van der Waals surface area (Å²) in [6, 6.07) is 21.1. The fraction of sp³-hybridized carbons (Fsp3) is 0.455. The van der Waals surface area contributed by atoms with E-state index in [1.165, 1.54) is 61.4 Å². The third kappa shape index (κ3) is 19.4. The molecule has 5 N–H and O–H groups in total. The van der Waals surface area contributed by atoms with Crippen LogP contribution in [0, 0.1) is 18.2 Å². The summed E-state index contributed by atoms with van der Waals surface area (Å²) >= 11 is 1.64. The molecule has 73 heavy (non-hydrogen) atoms. The fourth-order valence-electron chi connectivity index (χ4n) is 7.98. The number of carbonyl (C=O) groups excluding carboxylic acids is 4. The van der Waals surface area contributed by atoms with Crippen molar-refractivity contribution in [3.05, 3.63) is 95.5 Å². The van der Waals surface area contributed by atoms with Gasteiger partial charge in [0.2, 0.25) is 18.7 Å². The Bertz CT molecular complexity index is 2580. The molecule has 3 amide bonds. The number of benzene rings is 3. The van der Waals surface area contributed by atoms with Crippen LogP contribution in [-0.2, 0) is 25.7 Å². The molecule has 16 nitrogen and oxygen atoms in total. The van der Waals surface area contributed by atoms with Gasteiger partial charge in [0.15, 0.2) is 5.82 Å². The molecule has 2 fully saturated rings. The van der Waals surface area contributed by atoms with Crippen LogP contribution in [-0.4, -0.2) is 125 Å². The number of nitrogens with one attached hydrogen (secondary N) is 2. The summed E-state index contributed by atoms with van der Waals surface area (Å²) in [5, 5.41) is 19.3. The van der Waals surface area contributed by atoms with Crippen LogP contribution in [0.2, 0.25) is 0 Å². The van der Waals surface area contributed by atoms with Crippen LogP contribution in [0.15, 0.2) is 78.4 Å². The number of carbonyl (C=O) groups is 4. The number of primary amides is 1. The van der Waals surface area contributed by atoms with Crippen molar-refractivity contribution in [2.75, 3.05) is 58.3 Å². The van der Waals surface area contributed by atoms with Crippen LogP contribution < -0.4 is 20.7 Å². The van der Waals surface area contributed by atoms with Gasteiger partial charge < -0.3 is 40.4 Å². The first-order valence-electron chi connectivity index (χ1n) is 25.0. The smallest absolute Gasteiger partial charge is 0.223 e. The van der Waals surface area contributed by atoms with Gasteiger partial charge in [0, 0.05) is 69.9 Å². The first kappa shape index (κ1) is 58.9. The standard InChI is InChI=1S/C23H23FN6O.C12H12N2OS.C10H19NO2.C9H18O.CH3NO/c1-29-10-12-30(13-11-29)16-8-6-15(7-9-16)21-22-18(27-28-21)14-25-23(26-22)20-17(24)4-3-5-19(20)31-2;1-9-12(16-8-14-9)11-4-2-10(3-5-11)6-13-7-15;1-10(2,3)6-9(13)11-5-4-8(12)7-11;1-2-3-4-5-6-7-8-9-10;2-1-3/h3-9,14H,10-13H2,1-2H3,(H,27,28);2-5,7-8H,6H2,1H3,(H,13,15);8,12H,4-7H2,1-3H3;9H,2-8H2,1H3;1H,(H2,2,3). The maximum Gasteiger partial charge on any atom is 0.223 e. The molecule has 1 atom stereocenters. The van der Waals surface area contributed by atoms with E-state index in [2.05, 4.69) is 117 Å². The minimum absolute atomic E-state index is 0.0463. The minimum Gasteiger partial charge on any atom is -0.496 e. The number of anilines is 1. The second-order valence-corrected chi connectivity index (χ2v) is 19.9. The molecule has 2 aliphatic rings. The van der Waals surface area contributed by atoms with Crippen LogP contribution in [0.5, 0.6) is 5.75 Å². The summed E-state index contributed by atoms with van der Waals surface area (Å²) in [6.45, 7) is 16.3. The molecular formula is C55H75FN10O6S. The number of likely N-dealkylation sites (N-methyl/N-ethyl adjacent to an activating group) is 1. The summed E-state index contributed by atoms with van der Waals surface area (Å²) < 4.78 is 19.8. The number of aromatic amines is 1. The number of β-amino-alcohol motifs (C(OH)–C–C–N with tert-alkyl or cyclic N) is 1. The SMILES string of the molecule is CC(C)(C)CC(=O)N1CCC(O)C1.CCCCCCCCC=O.COc1cccc(F)c1-c1ncc2[nH]nc(-c3ccc(N4CCN(C)CC4)cc3)c2n1.Cc1ncsc1-c1ccc(CNC=O)cc1.NC=O. The van der Waals surface area contributed by atoms with Crippen LogP contribution in [0.4, 0.5) is 10.1 Å². The van der Waals surface area contributed by atoms with Gasteiger partial charge in [-0.25, -0.2) is 19.3 Å². The largest absolute Gasteiger partial charge is 0.496 e. The lowest BCUT2D eigenvalue weighted by atomic mass is 9.92. The summed E-state index contributed by atoms with van der Waals surface area (Å²) in [5.74, 6) is 0.393. The lowest BCUT2D eigenvalue weighted by Gasteiger charge is -2.34. The zero-order valence-electron chi connectivity index (χ0n) is 43.6. The molecule has 0 spiro atoms. The van der Waals surface area contributed by atoms with Crippen molar-refractivity contribution in [2.45, 2.75) is 105 Å². The average Bonchev–Trinajstić information content (AvgIpc) is 4.15. The third-order valence-electron chi connectivity index (χ3n) is 12.0. The van der Waals surface area contributed by atoms with E-state index in [0.717, 1.165) is 75.1 Å². The number of amides is 3. The van der Waals surface area contributed by atoms with E-state index in [0.29, 0.717) is 48.4 Å². The Balaban J connectivity index is 0.000000231. The Morgan fingerprint density at radius 2 is 1.62 bits per heavy atom. The van der Waals surface area contributed by atoms with Gasteiger partial charge in [-0.3, -0.25) is 19.5 Å². The van der Waals surface area contributed by atoms with Gasteiger partial charge in [-0.05, 0) is 67.6 Å². The molecule has 18 heteroatoms. The van der Waals surface area contributed by atoms with Crippen LogP contribution in [0.3, 0.4) is 0 Å². The molecule has 0 bridgehead atoms. The van der Waals surface area contributed by atoms with E-state index < -0.39 is 5.82 Å². The maximum atomic E-state index is 14.5. The van der Waals surface area contributed by atoms with E-state index >= 15 is 0 Å². The molecule has 0 saturated carbocycles. The number of aryl methyl sites for hydroxylation is 1. The fourth-order valence-corrected chi connectivity index (χ4v) is 8.79. The number of nitrogens with two attached hydrogens (primary N) is 1. The van der Waals surface area contributed by atoms with Crippen molar-refractivity contribution in [2.24, 2.45) is 11.1 Å². The van der Waals surface area contributed by atoms with Crippen LogP contribution >= 0.6 is 11.3 Å². The van der Waals surface area contributed by atoms with Gasteiger partial charge in [-0.2, -0.15) is 5.10 Å². The number of halogens is 1. The average molecular weight is 1020 g/mol. The number of likely N-dealkylation sites (tertiary alicyclic amines) is 1. The van der Waals surface area contributed by atoms with E-state index in [-0.39, 0.29) is 35.2 Å². The van der Waals surface area contributed by atoms with E-state index in [4.69, 9.17) is 9.53 Å². The molecule has 6 aromatic rings. The van der Waals surface area contributed by atoms with Gasteiger partial charge in [0.1, 0.15) is 34.6 Å². The first-order valence-corrected chi connectivity index (χ1v) is 25.8. The van der Waals surface area contributed by atoms with Crippen LogP contribution in [0.1, 0.15) is 96.7 Å². The number of aliphatic hydroxyl groups is 1. The first-order chi connectivity index (χ1) is 35.2. The zero-order valence-corrected chi connectivity index (χ0v) is 44.4. The van der Waals surface area contributed by atoms with Gasteiger partial charge >= 0.3 is 0 Å². The number of H-pyrrole nitrogens is 1. The predicted octanol–water partition coefficient (Wildman–Crippen LogP) is 9.00. The highest BCUT2D eigenvalue weighted by Crippen LogP contribution is 2.33. The normalized spacial score (nSPS) is 14.2. The topological polar surface area (TPSA) is 213 Å². The Hall–Kier alpha value is -6.63. The predicted molar refractivity (Wildman–Crippen MR) is 290 cm³/mol. The highest BCUT2D eigenvalue weighted by Gasteiger charge is 2.27. The summed E-state index contributed by atoms with van der Waals surface area (Å²) in [5.41, 5.74) is 13.8. The van der Waals surface area contributed by atoms with Crippen molar-refractivity contribution in [3.63, 3.8) is 0 Å². The molecule has 3 aromatic heterocycles. The Kier molecular flexibility index (Phi) is 25.1. The molecule has 2 saturated heterocycles. The quantitative estimate of drug-likeness (QED) is 0.0528. The van der Waals surface area contributed by atoms with E-state index in [9.17, 15) is 23.9 Å². The van der Waals surface area contributed by atoms with Crippen molar-refractivity contribution < 1.29 is 33.4 Å². The second kappa shape index (κ2) is 31.1. The molecule has 8 rings (SSSR count).